The van der Waals surface area contributed by atoms with E-state index >= 15 is 0 Å². The van der Waals surface area contributed by atoms with Crippen LogP contribution in [0.4, 0.5) is 5.69 Å². The second kappa shape index (κ2) is 10.7. The van der Waals surface area contributed by atoms with Crippen LogP contribution in [0.25, 0.3) is 0 Å². The van der Waals surface area contributed by atoms with Gasteiger partial charge in [0.1, 0.15) is 0 Å². The Morgan fingerprint density at radius 2 is 1.81 bits per heavy atom. The summed E-state index contributed by atoms with van der Waals surface area (Å²) in [5.41, 5.74) is 2.31. The maximum Gasteiger partial charge on any atom is 0.226 e. The van der Waals surface area contributed by atoms with E-state index in [0.29, 0.717) is 11.4 Å². The number of piperidine rings is 1. The van der Waals surface area contributed by atoms with Crippen molar-refractivity contribution in [3.63, 3.8) is 0 Å². The lowest BCUT2D eigenvalue weighted by Gasteiger charge is -2.38. The molecular weight excluding hydrogens is 379 g/mol. The molecule has 1 saturated heterocycles. The van der Waals surface area contributed by atoms with Crippen LogP contribution in [0.5, 0.6) is 0 Å². The Kier molecular flexibility index (Phi) is 8.62. The van der Waals surface area contributed by atoms with Gasteiger partial charge in [-0.3, -0.25) is 4.79 Å². The number of hydrogen-bond acceptors (Lipinski definition) is 2. The van der Waals surface area contributed by atoms with Crippen LogP contribution in [0.1, 0.15) is 31.7 Å². The monoisotopic (exact) mass is 406 g/mol. The van der Waals surface area contributed by atoms with E-state index in [1.165, 1.54) is 5.56 Å². The Morgan fingerprint density at radius 1 is 1.11 bits per heavy atom. The second-order valence-electron chi connectivity index (χ2n) is 6.91. The van der Waals surface area contributed by atoms with Crippen molar-refractivity contribution in [2.45, 2.75) is 38.6 Å². The molecule has 0 aromatic heterocycles. The van der Waals surface area contributed by atoms with Crippen LogP contribution in [-0.2, 0) is 11.2 Å². The third-order valence-corrected chi connectivity index (χ3v) is 5.37. The van der Waals surface area contributed by atoms with Gasteiger partial charge in [-0.15, -0.1) is 12.4 Å². The van der Waals surface area contributed by atoms with Crippen LogP contribution in [-0.4, -0.2) is 36.5 Å². The summed E-state index contributed by atoms with van der Waals surface area (Å²) in [6.45, 7) is 5.07. The summed E-state index contributed by atoms with van der Waals surface area (Å²) < 4.78 is 0. The third-order valence-electron chi connectivity index (χ3n) is 5.14. The largest absolute Gasteiger partial charge is 0.309 e. The SMILES string of the molecule is CCC(=O)N(c1cccc(Cl)c1)C1CCN(CCc2ccccc2)CC1.Cl. The first-order valence-electron chi connectivity index (χ1n) is 9.51. The van der Waals surface area contributed by atoms with E-state index < -0.39 is 0 Å². The molecule has 2 aromatic carbocycles. The molecule has 1 aliphatic rings. The van der Waals surface area contributed by atoms with Gasteiger partial charge in [-0.05, 0) is 43.0 Å². The van der Waals surface area contributed by atoms with Gasteiger partial charge in [0.2, 0.25) is 5.91 Å². The van der Waals surface area contributed by atoms with E-state index in [1.807, 2.05) is 36.1 Å². The number of carbonyl (C=O) groups is 1. The molecule has 2 aromatic rings. The van der Waals surface area contributed by atoms with E-state index in [0.717, 1.165) is 44.6 Å². The lowest BCUT2D eigenvalue weighted by atomic mass is 10.0. The molecule has 3 rings (SSSR count). The molecule has 0 aliphatic carbocycles. The van der Waals surface area contributed by atoms with E-state index in [-0.39, 0.29) is 24.4 Å². The van der Waals surface area contributed by atoms with Gasteiger partial charge in [-0.1, -0.05) is 54.9 Å². The van der Waals surface area contributed by atoms with Crippen molar-refractivity contribution in [1.29, 1.82) is 0 Å². The standard InChI is InChI=1S/C22H27ClN2O.ClH/c1-2-22(26)25(21-10-6-9-19(23)17-21)20-12-15-24(16-13-20)14-11-18-7-4-3-5-8-18;/h3-10,17,20H,2,11-16H2,1H3;1H. The molecule has 0 unspecified atom stereocenters. The zero-order valence-corrected chi connectivity index (χ0v) is 17.4. The van der Waals surface area contributed by atoms with Gasteiger partial charge in [-0.25, -0.2) is 0 Å². The molecular formula is C22H28Cl2N2O. The molecule has 0 atom stereocenters. The molecule has 1 amide bonds. The van der Waals surface area contributed by atoms with Crippen molar-refractivity contribution in [1.82, 2.24) is 4.90 Å². The summed E-state index contributed by atoms with van der Waals surface area (Å²) in [6.07, 6.45) is 3.61. The average Bonchev–Trinajstić information content (AvgIpc) is 2.68. The van der Waals surface area contributed by atoms with Crippen molar-refractivity contribution in [3.8, 4) is 0 Å². The fraction of sp³-hybridized carbons (Fsp3) is 0.409. The van der Waals surface area contributed by atoms with Crippen molar-refractivity contribution in [2.75, 3.05) is 24.5 Å². The lowest BCUT2D eigenvalue weighted by Crippen LogP contribution is -2.47. The Bertz CT molecular complexity index is 715. The average molecular weight is 407 g/mol. The minimum atomic E-state index is 0. The number of nitrogens with zero attached hydrogens (tertiary/aromatic N) is 2. The highest BCUT2D eigenvalue weighted by Gasteiger charge is 2.28. The molecule has 1 fully saturated rings. The fourth-order valence-electron chi connectivity index (χ4n) is 3.69. The molecule has 3 nitrogen and oxygen atoms in total. The van der Waals surface area contributed by atoms with Crippen LogP contribution >= 0.6 is 24.0 Å². The van der Waals surface area contributed by atoms with Crippen LogP contribution in [0.2, 0.25) is 5.02 Å². The van der Waals surface area contributed by atoms with Crippen LogP contribution < -0.4 is 4.90 Å². The van der Waals surface area contributed by atoms with Crippen LogP contribution in [0, 0.1) is 0 Å². The maximum atomic E-state index is 12.6. The highest BCUT2D eigenvalue weighted by atomic mass is 35.5. The molecule has 27 heavy (non-hydrogen) atoms. The Hall–Kier alpha value is -1.55. The second-order valence-corrected chi connectivity index (χ2v) is 7.34. The molecule has 1 aliphatic heterocycles. The smallest absolute Gasteiger partial charge is 0.226 e. The predicted molar refractivity (Wildman–Crippen MR) is 116 cm³/mol. The zero-order valence-electron chi connectivity index (χ0n) is 15.8. The van der Waals surface area contributed by atoms with Crippen molar-refractivity contribution in [2.24, 2.45) is 0 Å². The highest BCUT2D eigenvalue weighted by molar-refractivity contribution is 6.30. The number of halogens is 2. The Labute approximate surface area is 173 Å². The molecule has 5 heteroatoms. The van der Waals surface area contributed by atoms with Crippen LogP contribution in [0.3, 0.4) is 0 Å². The minimum Gasteiger partial charge on any atom is -0.309 e. The van der Waals surface area contributed by atoms with Gasteiger partial charge in [-0.2, -0.15) is 0 Å². The molecule has 1 heterocycles. The van der Waals surface area contributed by atoms with Gasteiger partial charge in [0.05, 0.1) is 0 Å². The maximum absolute atomic E-state index is 12.6. The fourth-order valence-corrected chi connectivity index (χ4v) is 3.87. The highest BCUT2D eigenvalue weighted by Crippen LogP contribution is 2.27. The van der Waals surface area contributed by atoms with E-state index in [4.69, 9.17) is 11.6 Å². The first kappa shape index (κ1) is 21.7. The van der Waals surface area contributed by atoms with E-state index in [2.05, 4.69) is 35.2 Å². The Morgan fingerprint density at radius 3 is 2.44 bits per heavy atom. The quantitative estimate of drug-likeness (QED) is 0.656. The Balaban J connectivity index is 0.00000261. The van der Waals surface area contributed by atoms with Gasteiger partial charge >= 0.3 is 0 Å². The van der Waals surface area contributed by atoms with Gasteiger partial charge in [0.25, 0.3) is 0 Å². The normalized spacial score (nSPS) is 15.2. The number of amides is 1. The summed E-state index contributed by atoms with van der Waals surface area (Å²) >= 11 is 6.15. The summed E-state index contributed by atoms with van der Waals surface area (Å²) in [6, 6.07) is 18.5. The first-order chi connectivity index (χ1) is 12.7. The predicted octanol–water partition coefficient (Wildman–Crippen LogP) is 5.21. The van der Waals surface area contributed by atoms with Crippen molar-refractivity contribution < 1.29 is 4.79 Å². The summed E-state index contributed by atoms with van der Waals surface area (Å²) in [5.74, 6) is 0.176. The molecule has 0 N–H and O–H groups in total. The molecule has 146 valence electrons. The lowest BCUT2D eigenvalue weighted by molar-refractivity contribution is -0.119. The molecule has 0 radical (unpaired) electrons. The van der Waals surface area contributed by atoms with Gasteiger partial charge < -0.3 is 9.80 Å². The summed E-state index contributed by atoms with van der Waals surface area (Å²) in [7, 11) is 0. The summed E-state index contributed by atoms with van der Waals surface area (Å²) in [5, 5.41) is 0.678. The van der Waals surface area contributed by atoms with Crippen LogP contribution in [0.15, 0.2) is 54.6 Å². The number of benzene rings is 2. The number of rotatable bonds is 6. The summed E-state index contributed by atoms with van der Waals surface area (Å²) in [4.78, 5) is 17.1. The number of hydrogen-bond donors (Lipinski definition) is 0. The number of carbonyl (C=O) groups excluding carboxylic acids is 1. The third kappa shape index (κ3) is 5.97. The first-order valence-corrected chi connectivity index (χ1v) is 9.89. The number of anilines is 1. The molecule has 0 saturated carbocycles. The van der Waals surface area contributed by atoms with Crippen molar-refractivity contribution in [3.05, 3.63) is 65.2 Å². The van der Waals surface area contributed by atoms with E-state index in [9.17, 15) is 4.79 Å². The minimum absolute atomic E-state index is 0. The van der Waals surface area contributed by atoms with Crippen molar-refractivity contribution >= 4 is 35.6 Å². The zero-order chi connectivity index (χ0) is 18.4. The molecule has 0 spiro atoms. The molecule has 0 bridgehead atoms. The van der Waals surface area contributed by atoms with Gasteiger partial charge in [0.15, 0.2) is 0 Å². The topological polar surface area (TPSA) is 23.6 Å². The van der Waals surface area contributed by atoms with E-state index in [1.54, 1.807) is 0 Å². The van der Waals surface area contributed by atoms with Gasteiger partial charge in [0, 0.05) is 42.8 Å². The number of likely N-dealkylation sites (tertiary alicyclic amines) is 1.